The number of methoxy groups -OCH3 is 1. The number of piperidine rings is 1. The number of rotatable bonds is 10. The van der Waals surface area contributed by atoms with E-state index >= 15 is 0 Å². The van der Waals surface area contributed by atoms with Gasteiger partial charge >= 0.3 is 12.1 Å². The average molecular weight is 479 g/mol. The molecular formula is C26H46N4O4. The Morgan fingerprint density at radius 2 is 1.65 bits per heavy atom. The number of ether oxygens (including phenoxy) is 2. The number of hydrogen-bond donors (Lipinski definition) is 0. The molecule has 2 unspecified atom stereocenters. The van der Waals surface area contributed by atoms with E-state index in [9.17, 15) is 9.59 Å². The van der Waals surface area contributed by atoms with Gasteiger partial charge in [-0.15, -0.1) is 0 Å². The molecule has 0 bridgehead atoms. The minimum atomic E-state index is -0.180. The molecule has 1 saturated carbocycles. The summed E-state index contributed by atoms with van der Waals surface area (Å²) in [5.41, 5.74) is 0. The number of cyclic esters (lactones) is 1. The average Bonchev–Trinajstić information content (AvgIpc) is 3.49. The first-order valence-corrected chi connectivity index (χ1v) is 13.8. The van der Waals surface area contributed by atoms with Gasteiger partial charge in [-0.1, -0.05) is 25.7 Å². The summed E-state index contributed by atoms with van der Waals surface area (Å²) in [6.07, 6.45) is 12.8. The van der Waals surface area contributed by atoms with Gasteiger partial charge in [-0.2, -0.15) is 0 Å². The quantitative estimate of drug-likeness (QED) is 0.447. The largest absolute Gasteiger partial charge is 0.469 e. The first-order chi connectivity index (χ1) is 16.5. The van der Waals surface area contributed by atoms with E-state index in [4.69, 9.17) is 9.47 Å². The number of amides is 1. The molecule has 4 rings (SSSR count). The van der Waals surface area contributed by atoms with E-state index in [1.807, 2.05) is 11.9 Å². The number of likely N-dealkylation sites (tertiary alicyclic amines) is 1. The molecule has 34 heavy (non-hydrogen) atoms. The van der Waals surface area contributed by atoms with Crippen LogP contribution in [-0.2, 0) is 14.3 Å². The zero-order chi connectivity index (χ0) is 23.9. The van der Waals surface area contributed by atoms with Crippen LogP contribution in [0, 0.1) is 5.92 Å². The molecule has 4 aliphatic rings. The normalized spacial score (nSPS) is 28.5. The third kappa shape index (κ3) is 6.64. The van der Waals surface area contributed by atoms with Crippen molar-refractivity contribution in [2.24, 2.45) is 5.92 Å². The lowest BCUT2D eigenvalue weighted by Gasteiger charge is -2.39. The van der Waals surface area contributed by atoms with Crippen molar-refractivity contribution in [1.29, 1.82) is 0 Å². The van der Waals surface area contributed by atoms with E-state index in [0.29, 0.717) is 6.42 Å². The Morgan fingerprint density at radius 1 is 0.941 bits per heavy atom. The molecule has 194 valence electrons. The van der Waals surface area contributed by atoms with Gasteiger partial charge in [0.25, 0.3) is 0 Å². The number of carbonyl (C=O) groups is 2. The van der Waals surface area contributed by atoms with Crippen LogP contribution in [0.5, 0.6) is 0 Å². The predicted molar refractivity (Wildman–Crippen MR) is 131 cm³/mol. The summed E-state index contributed by atoms with van der Waals surface area (Å²) in [6.45, 7) is 7.19. The minimum Gasteiger partial charge on any atom is -0.469 e. The van der Waals surface area contributed by atoms with Gasteiger partial charge in [-0.25, -0.2) is 4.79 Å². The van der Waals surface area contributed by atoms with E-state index < -0.39 is 0 Å². The van der Waals surface area contributed by atoms with Gasteiger partial charge in [0.05, 0.1) is 13.2 Å². The second kappa shape index (κ2) is 12.5. The first-order valence-electron chi connectivity index (χ1n) is 13.8. The van der Waals surface area contributed by atoms with Crippen molar-refractivity contribution < 1.29 is 19.1 Å². The fourth-order valence-corrected chi connectivity index (χ4v) is 6.53. The van der Waals surface area contributed by atoms with Gasteiger partial charge in [0.1, 0.15) is 0 Å². The highest BCUT2D eigenvalue weighted by Crippen LogP contribution is 2.31. The lowest BCUT2D eigenvalue weighted by molar-refractivity contribution is -0.140. The van der Waals surface area contributed by atoms with Crippen molar-refractivity contribution in [1.82, 2.24) is 19.6 Å². The Kier molecular flexibility index (Phi) is 9.48. The van der Waals surface area contributed by atoms with Crippen LogP contribution in [0.4, 0.5) is 4.79 Å². The van der Waals surface area contributed by atoms with Gasteiger partial charge in [0.2, 0.25) is 0 Å². The minimum absolute atomic E-state index is 0.126. The predicted octanol–water partition coefficient (Wildman–Crippen LogP) is 3.16. The number of carbonyl (C=O) groups excluding carboxylic acids is 2. The molecule has 3 heterocycles. The molecule has 0 aromatic heterocycles. The van der Waals surface area contributed by atoms with E-state index in [1.165, 1.54) is 71.6 Å². The molecule has 0 aromatic carbocycles. The van der Waals surface area contributed by atoms with Crippen LogP contribution < -0.4 is 0 Å². The van der Waals surface area contributed by atoms with Crippen LogP contribution in [-0.4, -0.2) is 110 Å². The van der Waals surface area contributed by atoms with E-state index in [2.05, 4.69) is 14.7 Å². The maximum atomic E-state index is 12.4. The van der Waals surface area contributed by atoms with Crippen LogP contribution in [0.25, 0.3) is 0 Å². The Morgan fingerprint density at radius 3 is 2.32 bits per heavy atom. The number of nitrogens with zero attached hydrogens (tertiary/aromatic N) is 4. The smallest absolute Gasteiger partial charge is 0.411 e. The monoisotopic (exact) mass is 478 g/mol. The zero-order valence-corrected chi connectivity index (χ0v) is 21.5. The summed E-state index contributed by atoms with van der Waals surface area (Å²) in [5.74, 6) is 0.703. The van der Waals surface area contributed by atoms with Crippen LogP contribution in [0.1, 0.15) is 70.6 Å². The lowest BCUT2D eigenvalue weighted by Crippen LogP contribution is -2.54. The van der Waals surface area contributed by atoms with Crippen LogP contribution in [0.15, 0.2) is 0 Å². The van der Waals surface area contributed by atoms with Crippen molar-refractivity contribution in [3.8, 4) is 0 Å². The van der Waals surface area contributed by atoms with Crippen LogP contribution >= 0.6 is 0 Å². The van der Waals surface area contributed by atoms with Gasteiger partial charge in [-0.3, -0.25) is 9.69 Å². The highest BCUT2D eigenvalue weighted by atomic mass is 16.6. The summed E-state index contributed by atoms with van der Waals surface area (Å²) < 4.78 is 10.6. The van der Waals surface area contributed by atoms with Gasteiger partial charge in [0, 0.05) is 45.7 Å². The molecule has 0 radical (unpaired) electrons. The van der Waals surface area contributed by atoms with Crippen molar-refractivity contribution in [2.45, 2.75) is 88.9 Å². The van der Waals surface area contributed by atoms with Crippen molar-refractivity contribution in [3.63, 3.8) is 0 Å². The third-order valence-electron chi connectivity index (χ3n) is 8.79. The lowest BCUT2D eigenvalue weighted by atomic mass is 9.89. The molecule has 1 aliphatic carbocycles. The van der Waals surface area contributed by atoms with Gasteiger partial charge in [0.15, 0.2) is 6.23 Å². The zero-order valence-electron chi connectivity index (χ0n) is 21.5. The summed E-state index contributed by atoms with van der Waals surface area (Å²) in [5, 5.41) is 0. The fourth-order valence-electron chi connectivity index (χ4n) is 6.53. The Labute approximate surface area is 205 Å². The van der Waals surface area contributed by atoms with Crippen LogP contribution in [0.2, 0.25) is 0 Å². The summed E-state index contributed by atoms with van der Waals surface area (Å²) >= 11 is 0. The van der Waals surface area contributed by atoms with Crippen molar-refractivity contribution in [3.05, 3.63) is 0 Å². The maximum Gasteiger partial charge on any atom is 0.411 e. The number of esters is 1. The SMILES string of the molecule is COC(=O)CCCN1CCN(C2OC(=O)N(C)C2CCCC2CCN(C3CCCC3)CC2)CC1. The molecule has 8 nitrogen and oxygen atoms in total. The summed E-state index contributed by atoms with van der Waals surface area (Å²) in [4.78, 5) is 33.0. The Bertz CT molecular complexity index is 655. The second-order valence-corrected chi connectivity index (χ2v) is 10.9. The number of piperazine rings is 1. The molecule has 0 aromatic rings. The fraction of sp³-hybridized carbons (Fsp3) is 0.923. The van der Waals surface area contributed by atoms with Crippen molar-refractivity contribution in [2.75, 3.05) is 60.0 Å². The molecule has 3 saturated heterocycles. The molecule has 2 atom stereocenters. The highest BCUT2D eigenvalue weighted by Gasteiger charge is 2.43. The van der Waals surface area contributed by atoms with Crippen molar-refractivity contribution >= 4 is 12.1 Å². The molecule has 4 fully saturated rings. The molecule has 8 heteroatoms. The number of hydrogen-bond acceptors (Lipinski definition) is 7. The van der Waals surface area contributed by atoms with Gasteiger partial charge < -0.3 is 24.2 Å². The van der Waals surface area contributed by atoms with E-state index in [-0.39, 0.29) is 24.3 Å². The Balaban J connectivity index is 1.17. The summed E-state index contributed by atoms with van der Waals surface area (Å²) in [6, 6.07) is 1.02. The summed E-state index contributed by atoms with van der Waals surface area (Å²) in [7, 11) is 3.34. The topological polar surface area (TPSA) is 65.6 Å². The second-order valence-electron chi connectivity index (χ2n) is 10.9. The van der Waals surface area contributed by atoms with E-state index in [0.717, 1.165) is 57.5 Å². The molecule has 3 aliphatic heterocycles. The number of likely N-dealkylation sites (N-methyl/N-ethyl adjacent to an activating group) is 1. The Hall–Kier alpha value is -1.38. The third-order valence-corrected chi connectivity index (χ3v) is 8.79. The molecule has 0 N–H and O–H groups in total. The highest BCUT2D eigenvalue weighted by molar-refractivity contribution is 5.70. The maximum absolute atomic E-state index is 12.4. The standard InChI is InChI=1S/C26H46N4O4/c1-27-23(10-5-7-21-12-15-29(16-13-21)22-8-3-4-9-22)25(34-26(27)32)30-19-17-28(18-20-30)14-6-11-24(31)33-2/h21-23,25H,3-20H2,1-2H3. The molecular weight excluding hydrogens is 432 g/mol. The molecule has 1 amide bonds. The van der Waals surface area contributed by atoms with Crippen LogP contribution in [0.3, 0.4) is 0 Å². The van der Waals surface area contributed by atoms with E-state index in [1.54, 1.807) is 0 Å². The molecule has 0 spiro atoms. The first kappa shape index (κ1) is 25.7. The van der Waals surface area contributed by atoms with Gasteiger partial charge in [-0.05, 0) is 64.1 Å².